The number of nitrogens with one attached hydrogen (secondary N) is 1. The molecule has 1 fully saturated rings. The zero-order valence-corrected chi connectivity index (χ0v) is 20.7. The lowest BCUT2D eigenvalue weighted by molar-refractivity contribution is 0.0587. The van der Waals surface area contributed by atoms with Gasteiger partial charge in [0.1, 0.15) is 29.2 Å². The van der Waals surface area contributed by atoms with Crippen molar-refractivity contribution in [1.29, 1.82) is 0 Å². The minimum Gasteiger partial charge on any atom is -0.474 e. The number of benzene rings is 1. The number of ether oxygens (including phenoxy) is 1. The molecule has 2 aromatic heterocycles. The van der Waals surface area contributed by atoms with Gasteiger partial charge in [-0.3, -0.25) is 4.79 Å². The minimum absolute atomic E-state index is 0.0608. The van der Waals surface area contributed by atoms with Gasteiger partial charge in [0.15, 0.2) is 9.84 Å². The highest BCUT2D eigenvalue weighted by atomic mass is 35.5. The highest BCUT2D eigenvalue weighted by Gasteiger charge is 2.25. The predicted molar refractivity (Wildman–Crippen MR) is 129 cm³/mol. The summed E-state index contributed by atoms with van der Waals surface area (Å²) in [6.07, 6.45) is 4.65. The van der Waals surface area contributed by atoms with E-state index in [1.165, 1.54) is 36.8 Å². The van der Waals surface area contributed by atoms with Gasteiger partial charge in [0.05, 0.1) is 21.2 Å². The van der Waals surface area contributed by atoms with E-state index in [1.807, 2.05) is 0 Å². The zero-order chi connectivity index (χ0) is 25.2. The second-order valence-corrected chi connectivity index (χ2v) is 10.7. The minimum atomic E-state index is -3.52. The van der Waals surface area contributed by atoms with Crippen molar-refractivity contribution in [2.75, 3.05) is 24.7 Å². The van der Waals surface area contributed by atoms with Crippen molar-refractivity contribution in [3.63, 3.8) is 0 Å². The first-order valence-corrected chi connectivity index (χ1v) is 13.1. The molecule has 0 bridgehead atoms. The van der Waals surface area contributed by atoms with E-state index in [0.29, 0.717) is 31.5 Å². The molecule has 0 aliphatic carbocycles. The monoisotopic (exact) mass is 539 g/mol. The van der Waals surface area contributed by atoms with Crippen molar-refractivity contribution < 1.29 is 22.3 Å². The van der Waals surface area contributed by atoms with Gasteiger partial charge in [0.2, 0.25) is 5.88 Å². The second-order valence-electron chi connectivity index (χ2n) is 7.89. The topological polar surface area (TPSA) is 114 Å². The fraction of sp³-hybridized carbons (Fsp3) is 0.273. The SMILES string of the molecule is CS(=O)(=O)c1ccc(Nc2cc(OC3CCN(C(=O)c4cnc(Cl)c(Cl)c4)CC3)ncn2)c(F)c1. The first-order valence-electron chi connectivity index (χ1n) is 10.5. The maximum atomic E-state index is 14.4. The molecule has 3 heterocycles. The number of likely N-dealkylation sites (tertiary alicyclic amines) is 1. The summed E-state index contributed by atoms with van der Waals surface area (Å²) >= 11 is 11.8. The van der Waals surface area contributed by atoms with E-state index in [9.17, 15) is 17.6 Å². The van der Waals surface area contributed by atoms with Gasteiger partial charge in [0, 0.05) is 44.5 Å². The van der Waals surface area contributed by atoms with Gasteiger partial charge in [-0.1, -0.05) is 23.2 Å². The third-order valence-electron chi connectivity index (χ3n) is 5.33. The quantitative estimate of drug-likeness (QED) is 0.464. The molecule has 9 nitrogen and oxygen atoms in total. The lowest BCUT2D eigenvalue weighted by atomic mass is 10.1. The summed E-state index contributed by atoms with van der Waals surface area (Å²) < 4.78 is 43.5. The van der Waals surface area contributed by atoms with Crippen LogP contribution in [0.25, 0.3) is 0 Å². The highest BCUT2D eigenvalue weighted by molar-refractivity contribution is 7.90. The number of carbonyl (C=O) groups excluding carboxylic acids is 1. The summed E-state index contributed by atoms with van der Waals surface area (Å²) in [5.41, 5.74) is 0.424. The third kappa shape index (κ3) is 6.16. The molecule has 184 valence electrons. The molecule has 1 saturated heterocycles. The Morgan fingerprint density at radius 3 is 2.54 bits per heavy atom. The van der Waals surface area contributed by atoms with E-state index in [4.69, 9.17) is 27.9 Å². The number of amides is 1. The van der Waals surface area contributed by atoms with Crippen molar-refractivity contribution >= 4 is 50.5 Å². The smallest absolute Gasteiger partial charge is 0.255 e. The number of sulfone groups is 1. The molecular weight excluding hydrogens is 520 g/mol. The Bertz CT molecular complexity index is 1370. The summed E-state index contributed by atoms with van der Waals surface area (Å²) in [5, 5.41) is 3.16. The number of anilines is 2. The van der Waals surface area contributed by atoms with Gasteiger partial charge in [-0.05, 0) is 24.3 Å². The van der Waals surface area contributed by atoms with Crippen LogP contribution in [0.5, 0.6) is 5.88 Å². The van der Waals surface area contributed by atoms with Crippen LogP contribution in [0.3, 0.4) is 0 Å². The normalized spacial score (nSPS) is 14.6. The first-order chi connectivity index (χ1) is 16.6. The van der Waals surface area contributed by atoms with Crippen LogP contribution in [0.15, 0.2) is 47.8 Å². The molecule has 1 amide bonds. The Kier molecular flexibility index (Phi) is 7.39. The van der Waals surface area contributed by atoms with Crippen molar-refractivity contribution in [2.45, 2.75) is 23.8 Å². The predicted octanol–water partition coefficient (Wildman–Crippen LogP) is 4.15. The van der Waals surface area contributed by atoms with E-state index in [0.717, 1.165) is 12.3 Å². The molecule has 1 aliphatic heterocycles. The molecule has 0 atom stereocenters. The maximum absolute atomic E-state index is 14.4. The summed E-state index contributed by atoms with van der Waals surface area (Å²) in [6.45, 7) is 0.940. The van der Waals surface area contributed by atoms with E-state index in [1.54, 1.807) is 4.90 Å². The molecule has 1 aliphatic rings. The summed E-state index contributed by atoms with van der Waals surface area (Å²) in [6, 6.07) is 6.59. The largest absolute Gasteiger partial charge is 0.474 e. The van der Waals surface area contributed by atoms with Crippen molar-refractivity contribution in [3.8, 4) is 5.88 Å². The molecule has 35 heavy (non-hydrogen) atoms. The number of hydrogen-bond acceptors (Lipinski definition) is 8. The van der Waals surface area contributed by atoms with Crippen LogP contribution >= 0.6 is 23.2 Å². The molecule has 4 rings (SSSR count). The van der Waals surface area contributed by atoms with Gasteiger partial charge in [-0.25, -0.2) is 27.8 Å². The molecule has 1 aromatic carbocycles. The van der Waals surface area contributed by atoms with Gasteiger partial charge < -0.3 is 15.0 Å². The summed E-state index contributed by atoms with van der Waals surface area (Å²) in [5.74, 6) is -0.356. The number of aromatic nitrogens is 3. The number of nitrogens with zero attached hydrogens (tertiary/aromatic N) is 4. The third-order valence-corrected chi connectivity index (χ3v) is 7.13. The number of carbonyl (C=O) groups is 1. The standard InChI is InChI=1S/C22H20Cl2FN5O4S/c1-35(32,33)15-2-3-18(17(25)9-15)29-19-10-20(28-12-27-19)34-14-4-6-30(7-5-14)22(31)13-8-16(23)21(24)26-11-13/h2-3,8-12,14H,4-7H2,1H3,(H,27,28,29). The molecule has 3 aromatic rings. The molecule has 0 saturated carbocycles. The number of piperidine rings is 1. The molecule has 0 radical (unpaired) electrons. The van der Waals surface area contributed by atoms with Crippen LogP contribution in [0.1, 0.15) is 23.2 Å². The Morgan fingerprint density at radius 1 is 1.14 bits per heavy atom. The average Bonchev–Trinajstić information content (AvgIpc) is 2.82. The van der Waals surface area contributed by atoms with Crippen molar-refractivity contribution in [2.24, 2.45) is 0 Å². The molecule has 1 N–H and O–H groups in total. The Balaban J connectivity index is 1.36. The molecule has 0 spiro atoms. The van der Waals surface area contributed by atoms with Crippen LogP contribution in [-0.4, -0.2) is 59.6 Å². The maximum Gasteiger partial charge on any atom is 0.255 e. The Morgan fingerprint density at radius 2 is 1.89 bits per heavy atom. The summed E-state index contributed by atoms with van der Waals surface area (Å²) in [4.78, 5) is 26.3. The van der Waals surface area contributed by atoms with E-state index in [-0.39, 0.29) is 44.5 Å². The van der Waals surface area contributed by atoms with Gasteiger partial charge >= 0.3 is 0 Å². The van der Waals surface area contributed by atoms with E-state index >= 15 is 0 Å². The number of pyridine rings is 1. The molecular formula is C22H20Cl2FN5O4S. The zero-order valence-electron chi connectivity index (χ0n) is 18.4. The number of hydrogen-bond donors (Lipinski definition) is 1. The first kappa shape index (κ1) is 25.1. The van der Waals surface area contributed by atoms with E-state index < -0.39 is 15.7 Å². The van der Waals surface area contributed by atoms with Crippen LogP contribution in [0, 0.1) is 5.82 Å². The van der Waals surface area contributed by atoms with Crippen molar-refractivity contribution in [1.82, 2.24) is 19.9 Å². The van der Waals surface area contributed by atoms with Crippen LogP contribution in [0.2, 0.25) is 10.2 Å². The van der Waals surface area contributed by atoms with Crippen LogP contribution in [-0.2, 0) is 9.84 Å². The van der Waals surface area contributed by atoms with Gasteiger partial charge in [-0.2, -0.15) is 0 Å². The number of halogens is 3. The second kappa shape index (κ2) is 10.3. The Labute approximate surface area is 211 Å². The van der Waals surface area contributed by atoms with E-state index in [2.05, 4.69) is 20.3 Å². The molecule has 0 unspecified atom stereocenters. The lowest BCUT2D eigenvalue weighted by Gasteiger charge is -2.32. The Hall–Kier alpha value is -3.02. The average molecular weight is 540 g/mol. The number of rotatable bonds is 6. The van der Waals surface area contributed by atoms with Crippen LogP contribution in [0.4, 0.5) is 15.9 Å². The van der Waals surface area contributed by atoms with Crippen LogP contribution < -0.4 is 10.1 Å². The van der Waals surface area contributed by atoms with Crippen molar-refractivity contribution in [3.05, 3.63) is 64.4 Å². The molecule has 13 heteroatoms. The highest BCUT2D eigenvalue weighted by Crippen LogP contribution is 2.25. The fourth-order valence-electron chi connectivity index (χ4n) is 3.51. The lowest BCUT2D eigenvalue weighted by Crippen LogP contribution is -2.41. The fourth-order valence-corrected chi connectivity index (χ4v) is 4.41. The van der Waals surface area contributed by atoms with Gasteiger partial charge in [-0.15, -0.1) is 0 Å². The van der Waals surface area contributed by atoms with Gasteiger partial charge in [0.25, 0.3) is 5.91 Å². The summed E-state index contributed by atoms with van der Waals surface area (Å²) in [7, 11) is -3.52.